The molecule has 2 unspecified atom stereocenters. The van der Waals surface area contributed by atoms with Crippen LogP contribution in [0.2, 0.25) is 0 Å². The number of aryl methyl sites for hydroxylation is 4. The molecule has 0 amide bonds. The number of ether oxygens (including phenoxy) is 2. The molecule has 5 rings (SSSR count). The van der Waals surface area contributed by atoms with Crippen molar-refractivity contribution in [2.75, 3.05) is 0 Å². The summed E-state index contributed by atoms with van der Waals surface area (Å²) >= 11 is 0. The summed E-state index contributed by atoms with van der Waals surface area (Å²) in [5.41, 5.74) is 3.36. The highest BCUT2D eigenvalue weighted by Gasteiger charge is 2.51. The van der Waals surface area contributed by atoms with Gasteiger partial charge in [-0.05, 0) is 89.0 Å². The molecule has 2 aliphatic rings. The molecule has 3 heterocycles. The number of fused-ring (bicyclic) bond motifs is 1. The third-order valence-corrected chi connectivity index (χ3v) is 8.30. The number of nitrogens with zero attached hydrogens (tertiary/aromatic N) is 4. The summed E-state index contributed by atoms with van der Waals surface area (Å²) in [4.78, 5) is 35.9. The Morgan fingerprint density at radius 1 is 1.13 bits per heavy atom. The van der Waals surface area contributed by atoms with E-state index >= 15 is 0 Å². The van der Waals surface area contributed by atoms with Gasteiger partial charge in [0.15, 0.2) is 11.6 Å². The van der Waals surface area contributed by atoms with Crippen molar-refractivity contribution in [1.82, 2.24) is 19.6 Å². The highest BCUT2D eigenvalue weighted by Crippen LogP contribution is 2.45. The van der Waals surface area contributed by atoms with Gasteiger partial charge in [0.05, 0.1) is 6.10 Å². The fourth-order valence-corrected chi connectivity index (χ4v) is 6.34. The summed E-state index contributed by atoms with van der Waals surface area (Å²) in [6, 6.07) is 8.27. The molecule has 8 heteroatoms. The third kappa shape index (κ3) is 5.70. The van der Waals surface area contributed by atoms with E-state index in [2.05, 4.69) is 34.1 Å². The fraction of sp³-hybridized carbons (Fsp3) is 0.581. The standard InChI is InChI=1S/C31H40N4O4/c1-6-23-16-22(11-12-27(23)38-19(2)3)13-14-31(24-9-7-8-10-24)18-26(36)25(29(37)39-31)17-28-33-30-32-20(4)15-21(5)35(30)34-28/h11-12,15-16,19,24-25H,6-10,13-14,17-18H2,1-5H3. The van der Waals surface area contributed by atoms with E-state index in [9.17, 15) is 9.59 Å². The minimum absolute atomic E-state index is 0.0622. The van der Waals surface area contributed by atoms with Crippen molar-refractivity contribution in [2.24, 2.45) is 11.8 Å². The zero-order valence-electron chi connectivity index (χ0n) is 23.8. The van der Waals surface area contributed by atoms with Gasteiger partial charge in [-0.2, -0.15) is 4.98 Å². The predicted molar refractivity (Wildman–Crippen MR) is 148 cm³/mol. The molecule has 0 spiro atoms. The molecule has 1 saturated carbocycles. The molecule has 1 saturated heterocycles. The minimum Gasteiger partial charge on any atom is -0.491 e. The lowest BCUT2D eigenvalue weighted by Gasteiger charge is -2.43. The minimum atomic E-state index is -0.877. The number of rotatable bonds is 9. The average Bonchev–Trinajstić information content (AvgIpc) is 3.56. The van der Waals surface area contributed by atoms with Gasteiger partial charge in [-0.25, -0.2) is 9.50 Å². The summed E-state index contributed by atoms with van der Waals surface area (Å²) in [7, 11) is 0. The zero-order valence-corrected chi connectivity index (χ0v) is 23.8. The first kappa shape index (κ1) is 27.3. The number of ketones is 1. The topological polar surface area (TPSA) is 95.7 Å². The molecular formula is C31H40N4O4. The van der Waals surface area contributed by atoms with Crippen LogP contribution in [0.15, 0.2) is 24.3 Å². The van der Waals surface area contributed by atoms with E-state index in [0.29, 0.717) is 18.0 Å². The fourth-order valence-electron chi connectivity index (χ4n) is 6.34. The van der Waals surface area contributed by atoms with Crippen molar-refractivity contribution >= 4 is 17.5 Å². The Balaban J connectivity index is 1.34. The zero-order chi connectivity index (χ0) is 27.7. The summed E-state index contributed by atoms with van der Waals surface area (Å²) in [5, 5.41) is 4.52. The first-order chi connectivity index (χ1) is 18.7. The molecule has 1 aliphatic carbocycles. The van der Waals surface area contributed by atoms with Crippen molar-refractivity contribution in [2.45, 2.75) is 104 Å². The predicted octanol–water partition coefficient (Wildman–Crippen LogP) is 5.33. The molecule has 208 valence electrons. The van der Waals surface area contributed by atoms with Crippen LogP contribution >= 0.6 is 0 Å². The van der Waals surface area contributed by atoms with Crippen LogP contribution in [0.1, 0.15) is 87.6 Å². The molecule has 8 nitrogen and oxygen atoms in total. The lowest BCUT2D eigenvalue weighted by atomic mass is 9.73. The second-order valence-electron chi connectivity index (χ2n) is 11.6. The number of Topliss-reactive ketones (excluding diaryl/α,β-unsaturated/α-hetero) is 1. The summed E-state index contributed by atoms with van der Waals surface area (Å²) in [6.07, 6.45) is 6.98. The van der Waals surface area contributed by atoms with Crippen LogP contribution in [0.25, 0.3) is 5.78 Å². The molecule has 39 heavy (non-hydrogen) atoms. The maximum atomic E-state index is 13.6. The van der Waals surface area contributed by atoms with Crippen LogP contribution in [-0.2, 0) is 33.6 Å². The van der Waals surface area contributed by atoms with E-state index < -0.39 is 17.5 Å². The van der Waals surface area contributed by atoms with Crippen LogP contribution in [0.5, 0.6) is 5.75 Å². The molecule has 1 aliphatic heterocycles. The largest absolute Gasteiger partial charge is 0.491 e. The number of carbonyl (C=O) groups excluding carboxylic acids is 2. The van der Waals surface area contributed by atoms with Crippen molar-refractivity contribution in [3.63, 3.8) is 0 Å². The molecule has 0 N–H and O–H groups in total. The van der Waals surface area contributed by atoms with E-state index in [1.807, 2.05) is 39.8 Å². The van der Waals surface area contributed by atoms with E-state index in [0.717, 1.165) is 55.7 Å². The first-order valence-electron chi connectivity index (χ1n) is 14.4. The molecule has 1 aromatic carbocycles. The first-order valence-corrected chi connectivity index (χ1v) is 14.4. The number of benzene rings is 1. The van der Waals surface area contributed by atoms with Gasteiger partial charge in [-0.1, -0.05) is 31.9 Å². The number of hydrogen-bond donors (Lipinski definition) is 0. The number of cyclic esters (lactones) is 1. The molecule has 3 aromatic rings. The van der Waals surface area contributed by atoms with Crippen molar-refractivity contribution in [3.05, 3.63) is 52.6 Å². The highest BCUT2D eigenvalue weighted by atomic mass is 16.6. The second kappa shape index (κ2) is 11.1. The lowest BCUT2D eigenvalue weighted by Crippen LogP contribution is -2.52. The number of aromatic nitrogens is 4. The molecule has 0 bridgehead atoms. The summed E-state index contributed by atoms with van der Waals surface area (Å²) < 4.78 is 14.0. The van der Waals surface area contributed by atoms with Gasteiger partial charge >= 0.3 is 5.97 Å². The lowest BCUT2D eigenvalue weighted by molar-refractivity contribution is -0.185. The number of carbonyl (C=O) groups is 2. The second-order valence-corrected chi connectivity index (χ2v) is 11.6. The molecule has 0 radical (unpaired) electrons. The highest BCUT2D eigenvalue weighted by molar-refractivity contribution is 6.01. The van der Waals surface area contributed by atoms with E-state index in [1.165, 1.54) is 11.1 Å². The van der Waals surface area contributed by atoms with Crippen LogP contribution in [0, 0.1) is 25.7 Å². The van der Waals surface area contributed by atoms with Crippen molar-refractivity contribution in [3.8, 4) is 5.75 Å². The van der Waals surface area contributed by atoms with Gasteiger partial charge in [0.2, 0.25) is 0 Å². The van der Waals surface area contributed by atoms with Crippen LogP contribution in [0.3, 0.4) is 0 Å². The Hall–Kier alpha value is -3.29. The Kier molecular flexibility index (Phi) is 7.74. The van der Waals surface area contributed by atoms with E-state index in [1.54, 1.807) is 4.52 Å². The summed E-state index contributed by atoms with van der Waals surface area (Å²) in [6.45, 7) is 10.0. The Labute approximate surface area is 230 Å². The average molecular weight is 533 g/mol. The number of hydrogen-bond acceptors (Lipinski definition) is 7. The molecule has 2 atom stereocenters. The maximum absolute atomic E-state index is 13.6. The van der Waals surface area contributed by atoms with Gasteiger partial charge in [0, 0.05) is 24.2 Å². The van der Waals surface area contributed by atoms with Crippen LogP contribution < -0.4 is 4.74 Å². The van der Waals surface area contributed by atoms with Crippen molar-refractivity contribution < 1.29 is 19.1 Å². The van der Waals surface area contributed by atoms with Crippen LogP contribution in [-0.4, -0.2) is 43.0 Å². The third-order valence-electron chi connectivity index (χ3n) is 8.30. The Morgan fingerprint density at radius 3 is 2.59 bits per heavy atom. The SMILES string of the molecule is CCc1cc(CCC2(C3CCCC3)CC(=O)C(Cc3nc4nc(C)cc(C)n4n3)C(=O)O2)ccc1OC(C)C. The van der Waals surface area contributed by atoms with Crippen LogP contribution in [0.4, 0.5) is 0 Å². The van der Waals surface area contributed by atoms with E-state index in [-0.39, 0.29) is 30.6 Å². The van der Waals surface area contributed by atoms with Gasteiger partial charge in [-0.3, -0.25) is 9.59 Å². The quantitative estimate of drug-likeness (QED) is 0.272. The molecule has 2 aromatic heterocycles. The Morgan fingerprint density at radius 2 is 1.90 bits per heavy atom. The monoisotopic (exact) mass is 532 g/mol. The van der Waals surface area contributed by atoms with Gasteiger partial charge in [0.25, 0.3) is 5.78 Å². The van der Waals surface area contributed by atoms with Gasteiger partial charge in [-0.15, -0.1) is 5.10 Å². The van der Waals surface area contributed by atoms with E-state index in [4.69, 9.17) is 9.47 Å². The number of esters is 1. The van der Waals surface area contributed by atoms with Gasteiger partial charge in [0.1, 0.15) is 17.3 Å². The Bertz CT molecular complexity index is 1350. The molecular weight excluding hydrogens is 492 g/mol. The summed E-state index contributed by atoms with van der Waals surface area (Å²) in [5.74, 6) is 0.679. The molecule has 2 fully saturated rings. The normalized spacial score (nSPS) is 22.2. The van der Waals surface area contributed by atoms with Crippen molar-refractivity contribution in [1.29, 1.82) is 0 Å². The smallest absolute Gasteiger partial charge is 0.317 e. The van der Waals surface area contributed by atoms with Gasteiger partial charge < -0.3 is 9.47 Å². The maximum Gasteiger partial charge on any atom is 0.317 e.